The molecule has 2 aromatic rings. The van der Waals surface area contributed by atoms with Gasteiger partial charge in [0.05, 0.1) is 11.9 Å². The molecule has 0 saturated carbocycles. The molecular formula is C18H18N4O8. The van der Waals surface area contributed by atoms with Crippen LogP contribution in [0.15, 0.2) is 17.3 Å². The second-order valence-electron chi connectivity index (χ2n) is 6.51. The fourth-order valence-corrected chi connectivity index (χ4v) is 3.29. The van der Waals surface area contributed by atoms with Crippen LogP contribution in [0.1, 0.15) is 32.6 Å². The maximum atomic E-state index is 12.2. The van der Waals surface area contributed by atoms with Crippen molar-refractivity contribution in [1.29, 1.82) is 5.26 Å². The van der Waals surface area contributed by atoms with Crippen molar-refractivity contribution in [3.8, 4) is 6.07 Å². The maximum absolute atomic E-state index is 12.2. The Kier molecular flexibility index (Phi) is 5.84. The summed E-state index contributed by atoms with van der Waals surface area (Å²) in [4.78, 5) is 53.3. The molecule has 2 unspecified atom stereocenters. The number of esters is 3. The SMILES string of the molecule is CC(=O)OCC1O[C@@H](n2cc(C#N)c3c(=O)[nH]cnc32)[C@H](OC(C)=O)C1OC(C)=O. The number of ether oxygens (including phenoxy) is 4. The molecule has 0 radical (unpaired) electrons. The molecule has 1 saturated heterocycles. The van der Waals surface area contributed by atoms with Gasteiger partial charge in [0.15, 0.2) is 24.1 Å². The van der Waals surface area contributed by atoms with Gasteiger partial charge in [-0.2, -0.15) is 5.26 Å². The molecule has 12 heteroatoms. The molecule has 3 rings (SSSR count). The lowest BCUT2D eigenvalue weighted by atomic mass is 10.1. The van der Waals surface area contributed by atoms with Crippen LogP contribution in [0.3, 0.4) is 0 Å². The molecule has 1 aliphatic rings. The van der Waals surface area contributed by atoms with Gasteiger partial charge >= 0.3 is 17.9 Å². The van der Waals surface area contributed by atoms with Gasteiger partial charge in [-0.1, -0.05) is 0 Å². The second-order valence-corrected chi connectivity index (χ2v) is 6.51. The minimum absolute atomic E-state index is 0.0250. The first-order valence-corrected chi connectivity index (χ1v) is 8.84. The van der Waals surface area contributed by atoms with Crippen molar-refractivity contribution >= 4 is 28.9 Å². The van der Waals surface area contributed by atoms with Crippen molar-refractivity contribution in [3.63, 3.8) is 0 Å². The first kappa shape index (κ1) is 21.0. The predicted octanol–water partition coefficient (Wildman–Crippen LogP) is -0.0798. The van der Waals surface area contributed by atoms with Gasteiger partial charge in [0.2, 0.25) is 0 Å². The highest BCUT2D eigenvalue weighted by atomic mass is 16.7. The van der Waals surface area contributed by atoms with Crippen molar-refractivity contribution in [2.45, 2.75) is 45.3 Å². The van der Waals surface area contributed by atoms with Gasteiger partial charge in [-0.05, 0) is 0 Å². The van der Waals surface area contributed by atoms with Crippen LogP contribution < -0.4 is 5.56 Å². The van der Waals surface area contributed by atoms with Crippen LogP contribution in [0.5, 0.6) is 0 Å². The quantitative estimate of drug-likeness (QED) is 0.513. The average Bonchev–Trinajstić information content (AvgIpc) is 3.19. The number of aromatic nitrogens is 3. The molecule has 4 atom stereocenters. The summed E-state index contributed by atoms with van der Waals surface area (Å²) >= 11 is 0. The number of fused-ring (bicyclic) bond motifs is 1. The van der Waals surface area contributed by atoms with Gasteiger partial charge in [-0.3, -0.25) is 19.2 Å². The highest BCUT2D eigenvalue weighted by molar-refractivity contribution is 5.82. The van der Waals surface area contributed by atoms with E-state index in [1.807, 2.05) is 6.07 Å². The first-order chi connectivity index (χ1) is 14.2. The van der Waals surface area contributed by atoms with E-state index in [0.29, 0.717) is 0 Å². The zero-order chi connectivity index (χ0) is 22.0. The van der Waals surface area contributed by atoms with Gasteiger partial charge in [0.1, 0.15) is 24.2 Å². The number of hydrogen-bond acceptors (Lipinski definition) is 10. The number of aromatic amines is 1. The van der Waals surface area contributed by atoms with E-state index >= 15 is 0 Å². The topological polar surface area (TPSA) is 163 Å². The smallest absolute Gasteiger partial charge is 0.303 e. The Bertz CT molecular complexity index is 1100. The van der Waals surface area contributed by atoms with Gasteiger partial charge in [-0.25, -0.2) is 4.98 Å². The standard InChI is InChI=1S/C18H18N4O8/c1-8(23)27-6-12-14(28-9(2)24)15(29-10(3)25)18(30-12)22-5-11(4-19)13-16(22)20-7-21-17(13)26/h5,7,12,14-15,18H,6H2,1-3H3,(H,20,21,26)/t12?,14?,15-,18-/m1/s1. The molecule has 30 heavy (non-hydrogen) atoms. The Morgan fingerprint density at radius 3 is 2.47 bits per heavy atom. The third-order valence-electron chi connectivity index (χ3n) is 4.35. The number of carbonyl (C=O) groups excluding carboxylic acids is 3. The molecule has 3 heterocycles. The minimum atomic E-state index is -1.16. The van der Waals surface area contributed by atoms with Crippen molar-refractivity contribution in [2.24, 2.45) is 0 Å². The monoisotopic (exact) mass is 418 g/mol. The largest absolute Gasteiger partial charge is 0.463 e. The number of carbonyl (C=O) groups is 3. The van der Waals surface area contributed by atoms with Crippen LogP contribution in [0.25, 0.3) is 11.0 Å². The number of rotatable bonds is 5. The number of nitriles is 1. The van der Waals surface area contributed by atoms with Crippen LogP contribution in [-0.2, 0) is 33.3 Å². The van der Waals surface area contributed by atoms with Crippen molar-refractivity contribution in [1.82, 2.24) is 14.5 Å². The van der Waals surface area contributed by atoms with Crippen LogP contribution in [-0.4, -0.2) is 57.4 Å². The predicted molar refractivity (Wildman–Crippen MR) is 96.7 cm³/mol. The summed E-state index contributed by atoms with van der Waals surface area (Å²) in [6.45, 7) is 3.26. The maximum Gasteiger partial charge on any atom is 0.303 e. The second kappa shape index (κ2) is 8.34. The molecule has 1 fully saturated rings. The van der Waals surface area contributed by atoms with Gasteiger partial charge in [0, 0.05) is 27.0 Å². The number of nitrogens with one attached hydrogen (secondary N) is 1. The summed E-state index contributed by atoms with van der Waals surface area (Å²) in [7, 11) is 0. The van der Waals surface area contributed by atoms with Crippen LogP contribution >= 0.6 is 0 Å². The first-order valence-electron chi connectivity index (χ1n) is 8.84. The Morgan fingerprint density at radius 1 is 1.20 bits per heavy atom. The van der Waals surface area contributed by atoms with E-state index in [-0.39, 0.29) is 23.2 Å². The average molecular weight is 418 g/mol. The van der Waals surface area contributed by atoms with Crippen molar-refractivity contribution < 1.29 is 33.3 Å². The fraction of sp³-hybridized carbons (Fsp3) is 0.444. The number of H-pyrrole nitrogens is 1. The fourth-order valence-electron chi connectivity index (χ4n) is 3.29. The molecule has 2 aromatic heterocycles. The lowest BCUT2D eigenvalue weighted by Crippen LogP contribution is -2.40. The van der Waals surface area contributed by atoms with Crippen LogP contribution in [0.2, 0.25) is 0 Å². The van der Waals surface area contributed by atoms with Gasteiger partial charge in [0.25, 0.3) is 5.56 Å². The summed E-state index contributed by atoms with van der Waals surface area (Å²) in [5.74, 6) is -1.93. The van der Waals surface area contributed by atoms with Crippen molar-refractivity contribution in [2.75, 3.05) is 6.61 Å². The summed E-state index contributed by atoms with van der Waals surface area (Å²) < 4.78 is 22.9. The van der Waals surface area contributed by atoms with Crippen molar-refractivity contribution in [3.05, 3.63) is 28.4 Å². The van der Waals surface area contributed by atoms with E-state index in [2.05, 4.69) is 9.97 Å². The molecule has 1 aliphatic heterocycles. The van der Waals surface area contributed by atoms with Gasteiger partial charge < -0.3 is 28.5 Å². The van der Waals surface area contributed by atoms with Crippen LogP contribution in [0, 0.1) is 11.3 Å². The Morgan fingerprint density at radius 2 is 1.87 bits per heavy atom. The molecule has 0 bridgehead atoms. The summed E-state index contributed by atoms with van der Waals surface area (Å²) in [6, 6.07) is 1.91. The summed E-state index contributed by atoms with van der Waals surface area (Å²) in [5, 5.41) is 9.42. The van der Waals surface area contributed by atoms with E-state index in [9.17, 15) is 24.4 Å². The minimum Gasteiger partial charge on any atom is -0.463 e. The summed E-state index contributed by atoms with van der Waals surface area (Å²) in [6.07, 6.45) is -1.88. The molecule has 158 valence electrons. The lowest BCUT2D eigenvalue weighted by Gasteiger charge is -2.24. The molecule has 12 nitrogen and oxygen atoms in total. The summed E-state index contributed by atoms with van der Waals surface area (Å²) in [5.41, 5.74) is -0.408. The zero-order valence-electron chi connectivity index (χ0n) is 16.3. The Labute approximate surface area is 169 Å². The third-order valence-corrected chi connectivity index (χ3v) is 4.35. The third kappa shape index (κ3) is 4.01. The van der Waals surface area contributed by atoms with E-state index in [0.717, 1.165) is 6.33 Å². The van der Waals surface area contributed by atoms with E-state index in [1.54, 1.807) is 0 Å². The number of hydrogen-bond donors (Lipinski definition) is 1. The van der Waals surface area contributed by atoms with E-state index < -0.39 is 48.0 Å². The highest BCUT2D eigenvalue weighted by Gasteiger charge is 2.51. The normalized spacial score (nSPS) is 23.0. The Balaban J connectivity index is 2.11. The molecule has 0 aliphatic carbocycles. The zero-order valence-corrected chi connectivity index (χ0v) is 16.3. The molecule has 0 aromatic carbocycles. The number of nitrogens with zero attached hydrogens (tertiary/aromatic N) is 3. The molecular weight excluding hydrogens is 400 g/mol. The highest BCUT2D eigenvalue weighted by Crippen LogP contribution is 2.36. The van der Waals surface area contributed by atoms with E-state index in [4.69, 9.17) is 18.9 Å². The van der Waals surface area contributed by atoms with Crippen LogP contribution in [0.4, 0.5) is 0 Å². The Hall–Kier alpha value is -3.72. The lowest BCUT2D eigenvalue weighted by molar-refractivity contribution is -0.166. The van der Waals surface area contributed by atoms with E-state index in [1.165, 1.54) is 31.5 Å². The molecule has 0 spiro atoms. The van der Waals surface area contributed by atoms with Gasteiger partial charge in [-0.15, -0.1) is 0 Å². The molecule has 1 N–H and O–H groups in total. The molecule has 0 amide bonds.